The van der Waals surface area contributed by atoms with E-state index in [0.717, 1.165) is 64.2 Å². The predicted octanol–water partition coefficient (Wildman–Crippen LogP) is 17.1. The van der Waals surface area contributed by atoms with Crippen LogP contribution in [0.4, 0.5) is 9.59 Å². The van der Waals surface area contributed by atoms with Gasteiger partial charge in [0.15, 0.2) is 0 Å². The van der Waals surface area contributed by atoms with E-state index in [0.29, 0.717) is 38.2 Å². The van der Waals surface area contributed by atoms with Crippen LogP contribution in [0.1, 0.15) is 276 Å². The van der Waals surface area contributed by atoms with Gasteiger partial charge in [0.2, 0.25) is 0 Å². The Hall–Kier alpha value is -9.59. The molecule has 11 rings (SSSR count). The van der Waals surface area contributed by atoms with Crippen molar-refractivity contribution in [2.75, 3.05) is 0 Å². The van der Waals surface area contributed by atoms with E-state index >= 15 is 0 Å². The molecule has 5 aliphatic carbocycles. The molecule has 5 saturated carbocycles. The molecule has 15 N–H and O–H groups in total. The van der Waals surface area contributed by atoms with Crippen molar-refractivity contribution in [3.63, 3.8) is 0 Å². The number of hydroxylamine groups is 6. The zero-order valence-corrected chi connectivity index (χ0v) is 86.6. The summed E-state index contributed by atoms with van der Waals surface area (Å²) in [5.74, 6) is -8.91. The average molecular weight is 2210 g/mol. The number of imide groups is 3. The number of hydrogen-bond acceptors (Lipinski definition) is 27. The molecule has 0 bridgehead atoms. The molecule has 3 aromatic rings. The van der Waals surface area contributed by atoms with Gasteiger partial charge in [0, 0.05) is 80.3 Å². The van der Waals surface area contributed by atoms with E-state index < -0.39 is 130 Å². The number of allylic oxidation sites excluding steroid dienone is 5. The van der Waals surface area contributed by atoms with Crippen LogP contribution in [0.15, 0.2) is 154 Å². The predicted molar refractivity (Wildman–Crippen MR) is 535 cm³/mol. The second-order valence-electron chi connectivity index (χ2n) is 37.7. The molecule has 8 fully saturated rings. The molecule has 6 amide bonds. The number of esters is 3. The number of carboxylic acid groups (broad SMARTS) is 4. The summed E-state index contributed by atoms with van der Waals surface area (Å²) in [4.78, 5) is 181. The minimum atomic E-state index is -1.48. The van der Waals surface area contributed by atoms with Crippen molar-refractivity contribution in [3.8, 4) is 0 Å². The number of nitrogens with two attached hydrogens (primary N) is 4. The van der Waals surface area contributed by atoms with Crippen molar-refractivity contribution in [3.05, 3.63) is 171 Å². The standard InChI is InChI=1S/3C14H22O4.C11H13NO5.C9H8N2O7.3C8H11N.C6H13NO2.C6H10O.2CH4.2HI.H2O.V/c3*1-5-6-9-7-11(9)18-12(15)8-10(13(16)17)14(2,3)4;1-2-3-7-6-8(7)16-11(15)17-12-9(13)4-5-10(12)14;12-5-1-2-6(13)10(5)17-9(16)18-11-7(14)3-4-8(11)15;3*1-7(9)8-5-3-2-4-6-8;1-6(2,3)4(7)5(8)9;1-2-3-5-4-6(5)7;;;;;;/h3*5,9-11H,1,6-8H2,2-4H3,(H,16,17);2,7-8H,1,3-6H2;1-4H2;3*2-7H,9H2,1H3;4H,7H2,1-3H3,(H,8,9);2,5-7H,1,3-4H2;2*1H4;2*1H;1H2;/q;;;;;;;;;;;;;;;+2/p-2/t3*9-,10-,11-;7-,8-;;3*7-;4-;5-,6-;;;;;;/m1111.00011....../s1. The average Bonchev–Trinajstić information content (AvgIpc) is 1.71. The van der Waals surface area contributed by atoms with Crippen LogP contribution >= 0.6 is 40.0 Å². The summed E-state index contributed by atoms with van der Waals surface area (Å²) in [6.07, 6.45) is 14.7. The maximum atomic E-state index is 11.7. The van der Waals surface area contributed by atoms with Crippen molar-refractivity contribution in [2.45, 2.75) is 295 Å². The second kappa shape index (κ2) is 66.2. The molecule has 138 heavy (non-hydrogen) atoms. The molecule has 17 atom stereocenters. The Morgan fingerprint density at radius 1 is 0.377 bits per heavy atom. The van der Waals surface area contributed by atoms with Gasteiger partial charge in [0.25, 0.3) is 35.4 Å². The van der Waals surface area contributed by atoms with E-state index in [1.165, 1.54) is 16.7 Å². The van der Waals surface area contributed by atoms with Crippen LogP contribution in [0.3, 0.4) is 0 Å². The van der Waals surface area contributed by atoms with Gasteiger partial charge in [0.1, 0.15) is 30.5 Å². The number of nitrogens with zero attached hydrogens (tertiary/aromatic N) is 3. The van der Waals surface area contributed by atoms with E-state index in [2.05, 4.69) is 87.4 Å². The van der Waals surface area contributed by atoms with Gasteiger partial charge in [-0.3, -0.25) is 76.8 Å². The minimum absolute atomic E-state index is 0. The zero-order valence-electron chi connectivity index (χ0n) is 80.9. The number of hydrogen-bond donors (Lipinski definition) is 9. The fraction of sp³-hybridized carbons (Fsp3) is 0.570. The summed E-state index contributed by atoms with van der Waals surface area (Å²) in [5.41, 5.74) is 24.0. The van der Waals surface area contributed by atoms with Gasteiger partial charge >= 0.3 is 104 Å². The number of rotatable bonds is 30. The topological polar surface area (TPSA) is 567 Å². The van der Waals surface area contributed by atoms with Gasteiger partial charge in [-0.15, -0.1) is 32.9 Å². The van der Waals surface area contributed by atoms with Gasteiger partial charge in [-0.1, -0.05) is 235 Å². The maximum absolute atomic E-state index is 11.7. The summed E-state index contributed by atoms with van der Waals surface area (Å²) < 4.78 is 20.7. The summed E-state index contributed by atoms with van der Waals surface area (Å²) in [7, 11) is 0.628. The number of amides is 6. The molecule has 35 nitrogen and oxygen atoms in total. The first-order valence-corrected chi connectivity index (χ1v) is 53.6. The van der Waals surface area contributed by atoms with E-state index in [9.17, 15) is 71.9 Å². The molecular formula is C100H153I2N7O28V. The first kappa shape index (κ1) is 133. The number of carbonyl (C=O) groups excluding carboxylic acids is 11. The van der Waals surface area contributed by atoms with Crippen molar-refractivity contribution >= 4 is 129 Å². The molecule has 8 aliphatic rings. The Morgan fingerprint density at radius 3 is 0.732 bits per heavy atom. The molecule has 3 aliphatic heterocycles. The van der Waals surface area contributed by atoms with Crippen molar-refractivity contribution in [1.82, 2.24) is 15.2 Å². The van der Waals surface area contributed by atoms with E-state index in [1.54, 1.807) is 26.8 Å². The molecule has 3 aromatic carbocycles. The number of carboxylic acids is 4. The third kappa shape index (κ3) is 54.8. The third-order valence-electron chi connectivity index (χ3n) is 21.6. The van der Waals surface area contributed by atoms with Gasteiger partial charge in [-0.05, 0) is 129 Å². The van der Waals surface area contributed by atoms with E-state index in [-0.39, 0.29) is 148 Å². The first-order chi connectivity index (χ1) is 62.9. The summed E-state index contributed by atoms with van der Waals surface area (Å²) >= 11 is 4.74. The molecular weight excluding hydrogens is 2050 g/mol. The van der Waals surface area contributed by atoms with Gasteiger partial charge in [-0.2, -0.15) is 4.79 Å². The van der Waals surface area contributed by atoms with Crippen LogP contribution in [0.2, 0.25) is 0 Å². The summed E-state index contributed by atoms with van der Waals surface area (Å²) in [6, 6.07) is 29.9. The molecule has 0 aromatic heterocycles. The number of aliphatic hydroxyl groups excluding tert-OH is 1. The van der Waals surface area contributed by atoms with Gasteiger partial charge < -0.3 is 72.9 Å². The van der Waals surface area contributed by atoms with Gasteiger partial charge in [0.05, 0.1) is 43.1 Å². The quantitative estimate of drug-likeness (QED) is 0.00984. The van der Waals surface area contributed by atoms with Crippen LogP contribution in [-0.2, 0) is 105 Å². The fourth-order valence-electron chi connectivity index (χ4n) is 12.4. The zero-order chi connectivity index (χ0) is 103. The van der Waals surface area contributed by atoms with Crippen LogP contribution in [-0.4, -0.2) is 172 Å². The van der Waals surface area contributed by atoms with Crippen LogP contribution in [0.5, 0.6) is 0 Å². The number of halogens is 2. The molecule has 3 heterocycles. The molecule has 38 heteroatoms. The molecule has 775 valence electrons. The SMILES string of the molecule is C.C.C=CC[C@@H]1C[C@H]1O.C=CC[C@@H]1C[C@H]1OC(=O)C[C@H](C(=O)O)C(C)(C)C.C=CC[C@@H]1C[C@H]1OC(=O)C[C@H](C(=O)O)C(C)(C)C.C=CC[C@@H]1C[C@H]1OC(=O)C[C@H](C(=O)O)C(C)(C)C.C=CC[C@@H]1C[C@H]1OC(=O)ON1C(=O)CCC1=O.CC(C)(C)[C@H](N)C(=O)O.C[C@H](N)c1ccccc1.C[C@H](N)c1ccccc1.C[C@H](N)c1ccccc1.O.O=C(ON1C(=O)CCC1=O)ON1C(=O)CCC1=O.[I][V][I]. The monoisotopic (exact) mass is 2200 g/mol. The van der Waals surface area contributed by atoms with Crippen LogP contribution in [0.25, 0.3) is 0 Å². The third-order valence-corrected chi connectivity index (χ3v) is 21.6. The molecule has 0 radical (unpaired) electrons. The van der Waals surface area contributed by atoms with Crippen LogP contribution < -0.4 is 22.9 Å². The Bertz CT molecular complexity index is 4010. The Balaban J connectivity index is -0.00000148. The van der Waals surface area contributed by atoms with Gasteiger partial charge in [-0.25, -0.2) is 4.79 Å². The summed E-state index contributed by atoms with van der Waals surface area (Å²) in [6.45, 7) is 45.8. The molecule has 0 unspecified atom stereocenters. The molecule has 0 spiro atoms. The van der Waals surface area contributed by atoms with Crippen molar-refractivity contribution in [1.29, 1.82) is 0 Å². The van der Waals surface area contributed by atoms with Crippen molar-refractivity contribution < 1.29 is 146 Å². The van der Waals surface area contributed by atoms with Crippen LogP contribution in [0, 0.1) is 69.0 Å². The number of aliphatic hydroxyl groups is 1. The number of carbonyl (C=O) groups is 15. The van der Waals surface area contributed by atoms with Crippen molar-refractivity contribution in [2.24, 2.45) is 91.9 Å². The Morgan fingerprint density at radius 2 is 0.580 bits per heavy atom. The van der Waals surface area contributed by atoms with E-state index in [4.69, 9.17) is 67.4 Å². The normalized spacial score (nSPS) is 20.9. The Kier molecular flexibility index (Phi) is 63.6. The van der Waals surface area contributed by atoms with E-state index in [1.807, 2.05) is 198 Å². The number of aliphatic carboxylic acids is 4. The number of benzene rings is 3. The number of ether oxygens (including phenoxy) is 4. The summed E-state index contributed by atoms with van der Waals surface area (Å²) in [5, 5.41) is 45.5. The first-order valence-electron chi connectivity index (χ1n) is 44.6. The fourth-order valence-corrected chi connectivity index (χ4v) is 12.4. The molecule has 3 saturated heterocycles. The Labute approximate surface area is 842 Å². The second-order valence-corrected chi connectivity index (χ2v) is 49.4.